The molecule has 1 aliphatic rings. The number of carbonyl (C=O) groups is 1. The van der Waals surface area contributed by atoms with Gasteiger partial charge in [-0.3, -0.25) is 9.48 Å². The summed E-state index contributed by atoms with van der Waals surface area (Å²) in [5.41, 5.74) is -0.333. The zero-order valence-corrected chi connectivity index (χ0v) is 17.2. The van der Waals surface area contributed by atoms with Gasteiger partial charge in [0.15, 0.2) is 9.84 Å². The fraction of sp³-hybridized carbons (Fsp3) is 0.444. The van der Waals surface area contributed by atoms with Crippen molar-refractivity contribution in [1.29, 1.82) is 0 Å². The molecule has 1 saturated carbocycles. The number of anilines is 1. The van der Waals surface area contributed by atoms with Gasteiger partial charge in [0.05, 0.1) is 20.8 Å². The third-order valence-corrected chi connectivity index (χ3v) is 7.55. The maximum Gasteiger partial charge on any atom is 0.251 e. The number of hydrogen-bond acceptors (Lipinski definition) is 4. The fourth-order valence-corrected chi connectivity index (χ4v) is 5.25. The number of sulfone groups is 1. The molecule has 1 aromatic carbocycles. The molecule has 0 saturated heterocycles. The molecule has 2 aromatic rings. The molecular formula is C18H22BrN3O3S. The Morgan fingerprint density at radius 2 is 1.85 bits per heavy atom. The third kappa shape index (κ3) is 3.71. The lowest BCUT2D eigenvalue weighted by molar-refractivity contribution is -0.123. The van der Waals surface area contributed by atoms with Crippen LogP contribution in [0.4, 0.5) is 5.69 Å². The van der Waals surface area contributed by atoms with E-state index in [1.165, 1.54) is 0 Å². The predicted molar refractivity (Wildman–Crippen MR) is 104 cm³/mol. The normalized spacial score (nSPS) is 16.0. The summed E-state index contributed by atoms with van der Waals surface area (Å²) in [7, 11) is -3.28. The van der Waals surface area contributed by atoms with E-state index in [4.69, 9.17) is 0 Å². The Kier molecular flexibility index (Phi) is 5.25. The third-order valence-electron chi connectivity index (χ3n) is 4.86. The Morgan fingerprint density at radius 1 is 1.23 bits per heavy atom. The van der Waals surface area contributed by atoms with Gasteiger partial charge >= 0.3 is 0 Å². The summed E-state index contributed by atoms with van der Waals surface area (Å²) in [6.45, 7) is 3.53. The summed E-state index contributed by atoms with van der Waals surface area (Å²) in [6.07, 6.45) is 6.75. The molecule has 1 amide bonds. The van der Waals surface area contributed by atoms with Crippen molar-refractivity contribution in [2.75, 3.05) is 5.32 Å². The van der Waals surface area contributed by atoms with Gasteiger partial charge in [-0.1, -0.05) is 12.8 Å². The van der Waals surface area contributed by atoms with Crippen LogP contribution in [0, 0.1) is 0 Å². The second-order valence-electron chi connectivity index (χ2n) is 7.09. The summed E-state index contributed by atoms with van der Waals surface area (Å²) in [6, 6.07) is 6.41. The largest absolute Gasteiger partial charge is 0.324 e. The molecule has 0 bridgehead atoms. The van der Waals surface area contributed by atoms with Crippen LogP contribution in [0.2, 0.25) is 0 Å². The Labute approximate surface area is 162 Å². The first-order chi connectivity index (χ1) is 12.2. The van der Waals surface area contributed by atoms with Crippen molar-refractivity contribution in [3.63, 3.8) is 0 Å². The lowest BCUT2D eigenvalue weighted by Gasteiger charge is -2.24. The topological polar surface area (TPSA) is 81.1 Å². The molecule has 0 spiro atoms. The molecule has 1 heterocycles. The van der Waals surface area contributed by atoms with Crippen molar-refractivity contribution in [3.05, 3.63) is 41.1 Å². The van der Waals surface area contributed by atoms with Gasteiger partial charge in [0, 0.05) is 11.9 Å². The van der Waals surface area contributed by atoms with Crippen molar-refractivity contribution in [2.24, 2.45) is 0 Å². The quantitative estimate of drug-likeness (QED) is 0.768. The van der Waals surface area contributed by atoms with Crippen molar-refractivity contribution in [3.8, 4) is 0 Å². The van der Waals surface area contributed by atoms with Gasteiger partial charge in [0.25, 0.3) is 5.91 Å². The zero-order valence-electron chi connectivity index (χ0n) is 14.8. The second-order valence-corrected chi connectivity index (χ2v) is 10.2. The lowest BCUT2D eigenvalue weighted by Crippen LogP contribution is -2.40. The van der Waals surface area contributed by atoms with Crippen LogP contribution in [0.1, 0.15) is 39.5 Å². The zero-order chi connectivity index (χ0) is 18.9. The first-order valence-corrected chi connectivity index (χ1v) is 10.9. The highest BCUT2D eigenvalue weighted by Gasteiger charge is 2.32. The molecule has 1 aromatic heterocycles. The summed E-state index contributed by atoms with van der Waals surface area (Å²) in [5, 5.41) is 6.72. The molecule has 6 nitrogen and oxygen atoms in total. The number of hydrogen-bond donors (Lipinski definition) is 1. The number of aromatic nitrogens is 2. The fourth-order valence-electron chi connectivity index (χ4n) is 3.11. The smallest absolute Gasteiger partial charge is 0.251 e. The molecule has 1 aliphatic carbocycles. The predicted octanol–water partition coefficient (Wildman–Crippen LogP) is 3.74. The summed E-state index contributed by atoms with van der Waals surface area (Å²) < 4.78 is 27.6. The van der Waals surface area contributed by atoms with Crippen molar-refractivity contribution in [2.45, 2.75) is 55.2 Å². The van der Waals surface area contributed by atoms with E-state index in [-0.39, 0.29) is 11.2 Å². The van der Waals surface area contributed by atoms with E-state index < -0.39 is 15.4 Å². The molecule has 26 heavy (non-hydrogen) atoms. The number of nitrogens with zero attached hydrogens (tertiary/aromatic N) is 2. The Bertz CT molecular complexity index is 898. The molecule has 1 fully saturated rings. The van der Waals surface area contributed by atoms with Gasteiger partial charge in [-0.15, -0.1) is 0 Å². The lowest BCUT2D eigenvalue weighted by atomic mass is 10.0. The van der Waals surface area contributed by atoms with Crippen molar-refractivity contribution in [1.82, 2.24) is 9.78 Å². The van der Waals surface area contributed by atoms with E-state index in [0.29, 0.717) is 10.6 Å². The van der Waals surface area contributed by atoms with E-state index in [1.807, 2.05) is 0 Å². The van der Waals surface area contributed by atoms with Gasteiger partial charge in [-0.05, 0) is 66.9 Å². The van der Waals surface area contributed by atoms with Gasteiger partial charge in [-0.25, -0.2) is 8.42 Å². The van der Waals surface area contributed by atoms with Crippen molar-refractivity contribution < 1.29 is 13.2 Å². The highest BCUT2D eigenvalue weighted by molar-refractivity contribution is 9.10. The molecule has 0 unspecified atom stereocenters. The van der Waals surface area contributed by atoms with E-state index in [2.05, 4.69) is 26.3 Å². The van der Waals surface area contributed by atoms with Gasteiger partial charge < -0.3 is 5.32 Å². The molecule has 140 valence electrons. The van der Waals surface area contributed by atoms with Crippen LogP contribution in [0.25, 0.3) is 0 Å². The highest BCUT2D eigenvalue weighted by Crippen LogP contribution is 2.30. The second kappa shape index (κ2) is 7.15. The minimum Gasteiger partial charge on any atom is -0.324 e. The van der Waals surface area contributed by atoms with Crippen LogP contribution in [-0.2, 0) is 20.2 Å². The van der Waals surface area contributed by atoms with E-state index in [9.17, 15) is 13.2 Å². The summed E-state index contributed by atoms with van der Waals surface area (Å²) in [4.78, 5) is 12.9. The van der Waals surface area contributed by atoms with Gasteiger partial charge in [0.1, 0.15) is 5.54 Å². The van der Waals surface area contributed by atoms with Crippen LogP contribution < -0.4 is 5.32 Å². The molecule has 3 rings (SSSR count). The monoisotopic (exact) mass is 439 g/mol. The van der Waals surface area contributed by atoms with Crippen LogP contribution in [0.3, 0.4) is 0 Å². The van der Waals surface area contributed by atoms with E-state index in [1.54, 1.807) is 55.2 Å². The standard InChI is InChI=1S/C18H22BrN3O3S/c1-18(2,22-12-13(19)11-20-22)17(23)21-14-7-9-16(10-8-14)26(24,25)15-5-3-4-6-15/h7-12,15H,3-6H2,1-2H3,(H,21,23). The minimum absolute atomic E-state index is 0.237. The first-order valence-electron chi connectivity index (χ1n) is 8.57. The molecular weight excluding hydrogens is 418 g/mol. The minimum atomic E-state index is -3.28. The average Bonchev–Trinajstić information content (AvgIpc) is 3.27. The maximum atomic E-state index is 12.6. The highest BCUT2D eigenvalue weighted by atomic mass is 79.9. The molecule has 0 aliphatic heterocycles. The van der Waals surface area contributed by atoms with Crippen LogP contribution in [-0.4, -0.2) is 29.4 Å². The van der Waals surface area contributed by atoms with Crippen LogP contribution in [0.5, 0.6) is 0 Å². The molecule has 0 radical (unpaired) electrons. The molecule has 8 heteroatoms. The number of carbonyl (C=O) groups excluding carboxylic acids is 1. The SMILES string of the molecule is CC(C)(C(=O)Nc1ccc(S(=O)(=O)C2CCCC2)cc1)n1cc(Br)cn1. The number of benzene rings is 1. The molecule has 0 atom stereocenters. The number of halogens is 1. The van der Waals surface area contributed by atoms with Crippen LogP contribution in [0.15, 0.2) is 46.0 Å². The number of rotatable bonds is 5. The summed E-state index contributed by atoms with van der Waals surface area (Å²) in [5.74, 6) is -0.237. The Morgan fingerprint density at radius 3 is 2.38 bits per heavy atom. The van der Waals surface area contributed by atoms with E-state index >= 15 is 0 Å². The van der Waals surface area contributed by atoms with Crippen LogP contribution >= 0.6 is 15.9 Å². The first kappa shape index (κ1) is 19.1. The van der Waals surface area contributed by atoms with Gasteiger partial charge in [-0.2, -0.15) is 5.10 Å². The Hall–Kier alpha value is -1.67. The maximum absolute atomic E-state index is 12.6. The average molecular weight is 440 g/mol. The van der Waals surface area contributed by atoms with Crippen molar-refractivity contribution >= 4 is 37.4 Å². The Balaban J connectivity index is 1.74. The van der Waals surface area contributed by atoms with E-state index in [0.717, 1.165) is 30.2 Å². The molecule has 1 N–H and O–H groups in total. The van der Waals surface area contributed by atoms with Gasteiger partial charge in [0.2, 0.25) is 0 Å². The summed E-state index contributed by atoms with van der Waals surface area (Å²) >= 11 is 3.32. The number of nitrogens with one attached hydrogen (secondary N) is 1. The number of amides is 1.